The highest BCUT2D eigenvalue weighted by molar-refractivity contribution is 5.78. The van der Waals surface area contributed by atoms with E-state index < -0.39 is 0 Å². The molecule has 1 heterocycles. The van der Waals surface area contributed by atoms with Gasteiger partial charge in [0, 0.05) is 11.1 Å². The van der Waals surface area contributed by atoms with Crippen molar-refractivity contribution < 1.29 is 5.11 Å². The van der Waals surface area contributed by atoms with Crippen LogP contribution in [0.1, 0.15) is 5.56 Å². The lowest BCUT2D eigenvalue weighted by molar-refractivity contribution is 0.475. The van der Waals surface area contributed by atoms with Gasteiger partial charge in [0.25, 0.3) is 0 Å². The van der Waals surface area contributed by atoms with Gasteiger partial charge in [-0.3, -0.25) is 0 Å². The van der Waals surface area contributed by atoms with Crippen molar-refractivity contribution in [3.63, 3.8) is 0 Å². The molecule has 2 aromatic carbocycles. The summed E-state index contributed by atoms with van der Waals surface area (Å²) in [6.07, 6.45) is 0. The lowest BCUT2D eigenvalue weighted by Crippen LogP contribution is -2.02. The summed E-state index contributed by atoms with van der Waals surface area (Å²) < 4.78 is 0. The van der Waals surface area contributed by atoms with Crippen LogP contribution in [0.4, 0.5) is 5.95 Å². The van der Waals surface area contributed by atoms with Crippen molar-refractivity contribution in [2.24, 2.45) is 0 Å². The molecule has 0 atom stereocenters. The summed E-state index contributed by atoms with van der Waals surface area (Å²) >= 11 is 0. The highest BCUT2D eigenvalue weighted by atomic mass is 16.3. The minimum Gasteiger partial charge on any atom is -0.508 e. The van der Waals surface area contributed by atoms with Crippen LogP contribution in [0.3, 0.4) is 0 Å². The molecule has 5 nitrogen and oxygen atoms in total. The minimum atomic E-state index is 0.0981. The largest absolute Gasteiger partial charge is 0.508 e. The van der Waals surface area contributed by atoms with Crippen molar-refractivity contribution in [2.45, 2.75) is 0 Å². The summed E-state index contributed by atoms with van der Waals surface area (Å²) in [6, 6.07) is 18.0. The molecular weight excluding hydrogens is 276 g/mol. The van der Waals surface area contributed by atoms with Gasteiger partial charge in [-0.2, -0.15) is 5.26 Å². The average Bonchev–Trinajstić information content (AvgIpc) is 2.55. The maximum Gasteiger partial charge on any atom is 0.221 e. The lowest BCUT2D eigenvalue weighted by atomic mass is 10.0. The van der Waals surface area contributed by atoms with Gasteiger partial charge in [-0.05, 0) is 24.3 Å². The third-order valence-electron chi connectivity index (χ3n) is 3.23. The number of nitrogens with two attached hydrogens (primary N) is 1. The van der Waals surface area contributed by atoms with Crippen LogP contribution in [0.5, 0.6) is 5.75 Å². The molecule has 0 spiro atoms. The fraction of sp³-hybridized carbons (Fsp3) is 0. The quantitative estimate of drug-likeness (QED) is 0.755. The Morgan fingerprint density at radius 2 is 1.41 bits per heavy atom. The third kappa shape index (κ3) is 2.45. The first-order valence-electron chi connectivity index (χ1n) is 6.61. The molecule has 106 valence electrons. The Hall–Kier alpha value is -3.39. The molecule has 3 aromatic rings. The molecule has 0 amide bonds. The molecule has 0 aliphatic rings. The number of benzene rings is 2. The Morgan fingerprint density at radius 1 is 0.864 bits per heavy atom. The average molecular weight is 288 g/mol. The number of anilines is 1. The second-order valence-corrected chi connectivity index (χ2v) is 4.68. The van der Waals surface area contributed by atoms with Crippen molar-refractivity contribution in [2.75, 3.05) is 5.73 Å². The van der Waals surface area contributed by atoms with Crippen molar-refractivity contribution >= 4 is 5.95 Å². The Kier molecular flexibility index (Phi) is 3.42. The van der Waals surface area contributed by atoms with Crippen molar-refractivity contribution in [3.8, 4) is 34.3 Å². The number of phenols is 1. The second-order valence-electron chi connectivity index (χ2n) is 4.68. The van der Waals surface area contributed by atoms with Crippen LogP contribution in [0.25, 0.3) is 22.5 Å². The van der Waals surface area contributed by atoms with E-state index in [2.05, 4.69) is 16.0 Å². The third-order valence-corrected chi connectivity index (χ3v) is 3.23. The number of hydrogen-bond donors (Lipinski definition) is 2. The topological polar surface area (TPSA) is 95.8 Å². The number of phenolic OH excluding ortho intramolecular Hbond substituents is 1. The number of aromatic hydroxyl groups is 1. The first kappa shape index (κ1) is 13.6. The molecule has 0 saturated carbocycles. The summed E-state index contributed by atoms with van der Waals surface area (Å²) in [5, 5.41) is 18.9. The zero-order chi connectivity index (χ0) is 15.5. The Balaban J connectivity index is 2.26. The summed E-state index contributed by atoms with van der Waals surface area (Å²) in [4.78, 5) is 8.41. The SMILES string of the molecule is N#Cc1c(-c2ccccc2)nc(N)nc1-c1ccc(O)cc1. The predicted octanol–water partition coefficient (Wildman–Crippen LogP) is 2.97. The fourth-order valence-corrected chi connectivity index (χ4v) is 2.22. The van der Waals surface area contributed by atoms with Crippen LogP contribution in [0.15, 0.2) is 54.6 Å². The van der Waals surface area contributed by atoms with Gasteiger partial charge in [-0.15, -0.1) is 0 Å². The van der Waals surface area contributed by atoms with Gasteiger partial charge in [0.15, 0.2) is 0 Å². The number of nitrogen functional groups attached to an aromatic ring is 1. The van der Waals surface area contributed by atoms with E-state index in [1.54, 1.807) is 12.1 Å². The molecule has 5 heteroatoms. The molecular formula is C17H12N4O. The highest BCUT2D eigenvalue weighted by Gasteiger charge is 2.16. The normalized spacial score (nSPS) is 10.1. The minimum absolute atomic E-state index is 0.0981. The van der Waals surface area contributed by atoms with Crippen LogP contribution < -0.4 is 5.73 Å². The van der Waals surface area contributed by atoms with Gasteiger partial charge in [0.2, 0.25) is 5.95 Å². The number of nitrogens with zero attached hydrogens (tertiary/aromatic N) is 3. The number of aromatic nitrogens is 2. The Bertz CT molecular complexity index is 852. The summed E-state index contributed by atoms with van der Waals surface area (Å²) in [5.41, 5.74) is 8.61. The van der Waals surface area contributed by atoms with Gasteiger partial charge in [0.05, 0.1) is 11.4 Å². The monoisotopic (exact) mass is 288 g/mol. The van der Waals surface area contributed by atoms with E-state index >= 15 is 0 Å². The van der Waals surface area contributed by atoms with Gasteiger partial charge >= 0.3 is 0 Å². The fourth-order valence-electron chi connectivity index (χ4n) is 2.22. The van der Waals surface area contributed by atoms with E-state index in [-0.39, 0.29) is 11.7 Å². The van der Waals surface area contributed by atoms with Crippen molar-refractivity contribution in [1.29, 1.82) is 5.26 Å². The molecule has 0 radical (unpaired) electrons. The van der Waals surface area contributed by atoms with Crippen LogP contribution in [0.2, 0.25) is 0 Å². The van der Waals surface area contributed by atoms with E-state index in [4.69, 9.17) is 5.73 Å². The zero-order valence-corrected chi connectivity index (χ0v) is 11.6. The van der Waals surface area contributed by atoms with Crippen molar-refractivity contribution in [1.82, 2.24) is 9.97 Å². The van der Waals surface area contributed by atoms with Gasteiger partial charge in [-0.1, -0.05) is 30.3 Å². The van der Waals surface area contributed by atoms with Crippen LogP contribution in [-0.4, -0.2) is 15.1 Å². The molecule has 0 aliphatic heterocycles. The molecule has 0 bridgehead atoms. The smallest absolute Gasteiger partial charge is 0.221 e. The number of hydrogen-bond acceptors (Lipinski definition) is 5. The van der Waals surface area contributed by atoms with E-state index in [1.807, 2.05) is 30.3 Å². The molecule has 0 unspecified atom stereocenters. The molecule has 0 aliphatic carbocycles. The second kappa shape index (κ2) is 5.54. The number of rotatable bonds is 2. The Labute approximate surface area is 127 Å². The lowest BCUT2D eigenvalue weighted by Gasteiger charge is -2.10. The van der Waals surface area contributed by atoms with Crippen LogP contribution in [-0.2, 0) is 0 Å². The van der Waals surface area contributed by atoms with Crippen LogP contribution in [0, 0.1) is 11.3 Å². The van der Waals surface area contributed by atoms with Crippen molar-refractivity contribution in [3.05, 3.63) is 60.2 Å². The van der Waals surface area contributed by atoms with E-state index in [9.17, 15) is 10.4 Å². The number of nitriles is 1. The molecule has 0 saturated heterocycles. The standard InChI is InChI=1S/C17H12N4O/c18-10-14-15(11-4-2-1-3-5-11)20-17(19)21-16(14)12-6-8-13(22)9-7-12/h1-9,22H,(H2,19,20,21). The predicted molar refractivity (Wildman–Crippen MR) is 83.7 cm³/mol. The zero-order valence-electron chi connectivity index (χ0n) is 11.6. The van der Waals surface area contributed by atoms with E-state index in [0.29, 0.717) is 22.5 Å². The Morgan fingerprint density at radius 3 is 1.95 bits per heavy atom. The maximum absolute atomic E-state index is 9.55. The first-order chi connectivity index (χ1) is 10.7. The molecule has 0 fully saturated rings. The van der Waals surface area contributed by atoms with Gasteiger partial charge in [0.1, 0.15) is 17.4 Å². The molecule has 3 N–H and O–H groups in total. The van der Waals surface area contributed by atoms with Gasteiger partial charge < -0.3 is 10.8 Å². The molecule has 1 aromatic heterocycles. The maximum atomic E-state index is 9.55. The van der Waals surface area contributed by atoms with Gasteiger partial charge in [-0.25, -0.2) is 9.97 Å². The summed E-state index contributed by atoms with van der Waals surface area (Å²) in [6.45, 7) is 0. The summed E-state index contributed by atoms with van der Waals surface area (Å²) in [7, 11) is 0. The van der Waals surface area contributed by atoms with Crippen LogP contribution >= 0.6 is 0 Å². The molecule has 22 heavy (non-hydrogen) atoms. The molecule has 3 rings (SSSR count). The first-order valence-corrected chi connectivity index (χ1v) is 6.61. The highest BCUT2D eigenvalue weighted by Crippen LogP contribution is 2.30. The van der Waals surface area contributed by atoms with E-state index in [0.717, 1.165) is 5.56 Å². The van der Waals surface area contributed by atoms with E-state index in [1.165, 1.54) is 12.1 Å². The summed E-state index contributed by atoms with van der Waals surface area (Å²) in [5.74, 6) is 0.244.